The molecule has 0 saturated carbocycles. The van der Waals surface area contributed by atoms with Crippen molar-refractivity contribution in [1.29, 1.82) is 5.26 Å². The number of nitrogens with zero attached hydrogens (tertiary/aromatic N) is 1. The Balaban J connectivity index is 1.99. The van der Waals surface area contributed by atoms with Gasteiger partial charge in [0.1, 0.15) is 12.4 Å². The van der Waals surface area contributed by atoms with Gasteiger partial charge in [-0.2, -0.15) is 5.26 Å². The molecule has 0 radical (unpaired) electrons. The third-order valence-electron chi connectivity index (χ3n) is 3.12. The van der Waals surface area contributed by atoms with Crippen molar-refractivity contribution in [2.75, 3.05) is 6.54 Å². The van der Waals surface area contributed by atoms with Gasteiger partial charge in [0, 0.05) is 12.1 Å². The van der Waals surface area contributed by atoms with E-state index in [0.29, 0.717) is 23.5 Å². The summed E-state index contributed by atoms with van der Waals surface area (Å²) in [5, 5.41) is 20.7. The molecule has 0 spiro atoms. The lowest BCUT2D eigenvalue weighted by molar-refractivity contribution is 0.0923. The van der Waals surface area contributed by atoms with Gasteiger partial charge in [0.05, 0.1) is 17.7 Å². The van der Waals surface area contributed by atoms with Crippen LogP contribution in [0.15, 0.2) is 48.5 Å². The molecule has 1 amide bonds. The number of ether oxygens (including phenoxy) is 1. The molecule has 5 heteroatoms. The first kappa shape index (κ1) is 16.5. The Morgan fingerprint density at radius 3 is 2.83 bits per heavy atom. The monoisotopic (exact) mass is 310 g/mol. The van der Waals surface area contributed by atoms with Crippen molar-refractivity contribution in [2.45, 2.75) is 19.6 Å². The molecule has 2 rings (SSSR count). The number of aliphatic hydroxyl groups excluding tert-OH is 1. The van der Waals surface area contributed by atoms with Gasteiger partial charge in [-0.25, -0.2) is 0 Å². The van der Waals surface area contributed by atoms with Crippen molar-refractivity contribution in [3.8, 4) is 11.8 Å². The molecule has 0 saturated heterocycles. The van der Waals surface area contributed by atoms with Crippen LogP contribution in [0.4, 0.5) is 0 Å². The molecule has 118 valence electrons. The summed E-state index contributed by atoms with van der Waals surface area (Å²) in [6, 6.07) is 16.1. The fourth-order valence-corrected chi connectivity index (χ4v) is 1.97. The highest BCUT2D eigenvalue weighted by Gasteiger charge is 2.07. The Kier molecular flexibility index (Phi) is 5.73. The third kappa shape index (κ3) is 5.13. The van der Waals surface area contributed by atoms with Crippen LogP contribution in [0.1, 0.15) is 28.4 Å². The second-order valence-electron chi connectivity index (χ2n) is 5.19. The van der Waals surface area contributed by atoms with Gasteiger partial charge in [0.2, 0.25) is 0 Å². The summed E-state index contributed by atoms with van der Waals surface area (Å²) in [5.41, 5.74) is 1.93. The van der Waals surface area contributed by atoms with Crippen molar-refractivity contribution in [2.24, 2.45) is 0 Å². The van der Waals surface area contributed by atoms with Gasteiger partial charge in [0.25, 0.3) is 5.91 Å². The topological polar surface area (TPSA) is 82.3 Å². The van der Waals surface area contributed by atoms with E-state index >= 15 is 0 Å². The molecule has 2 aromatic rings. The molecule has 0 aliphatic rings. The second kappa shape index (κ2) is 7.97. The Morgan fingerprint density at radius 2 is 2.09 bits per heavy atom. The minimum atomic E-state index is -0.592. The van der Waals surface area contributed by atoms with E-state index in [4.69, 9.17) is 10.00 Å². The smallest absolute Gasteiger partial charge is 0.251 e. The van der Waals surface area contributed by atoms with E-state index in [1.807, 2.05) is 6.07 Å². The van der Waals surface area contributed by atoms with Crippen LogP contribution >= 0.6 is 0 Å². The number of rotatable bonds is 6. The zero-order valence-electron chi connectivity index (χ0n) is 12.8. The quantitative estimate of drug-likeness (QED) is 0.857. The summed E-state index contributed by atoms with van der Waals surface area (Å²) in [5.74, 6) is 0.305. The van der Waals surface area contributed by atoms with Gasteiger partial charge in [-0.05, 0) is 42.8 Å². The normalized spacial score (nSPS) is 11.3. The van der Waals surface area contributed by atoms with E-state index in [9.17, 15) is 9.90 Å². The number of amides is 1. The van der Waals surface area contributed by atoms with Crippen LogP contribution < -0.4 is 10.1 Å². The summed E-state index contributed by atoms with van der Waals surface area (Å²) < 4.78 is 5.67. The standard InChI is InChI=1S/C18H18N2O3/c1-13(21)11-20-18(22)16-6-3-7-17(9-16)23-12-15-5-2-4-14(8-15)10-19/h2-9,13,21H,11-12H2,1H3,(H,20,22). The number of hydrogen-bond donors (Lipinski definition) is 2. The lowest BCUT2D eigenvalue weighted by atomic mass is 10.1. The first-order valence-electron chi connectivity index (χ1n) is 7.26. The first-order chi connectivity index (χ1) is 11.1. The molecule has 2 aromatic carbocycles. The average Bonchev–Trinajstić information content (AvgIpc) is 2.58. The first-order valence-corrected chi connectivity index (χ1v) is 7.26. The van der Waals surface area contributed by atoms with Gasteiger partial charge in [-0.15, -0.1) is 0 Å². The predicted molar refractivity (Wildman–Crippen MR) is 85.9 cm³/mol. The average molecular weight is 310 g/mol. The maximum atomic E-state index is 11.9. The van der Waals surface area contributed by atoms with E-state index in [2.05, 4.69) is 11.4 Å². The SMILES string of the molecule is CC(O)CNC(=O)c1cccc(OCc2cccc(C#N)c2)c1. The summed E-state index contributed by atoms with van der Waals surface area (Å²) >= 11 is 0. The fourth-order valence-electron chi connectivity index (χ4n) is 1.97. The molecule has 2 N–H and O–H groups in total. The van der Waals surface area contributed by atoms with Crippen LogP contribution in [-0.2, 0) is 6.61 Å². The summed E-state index contributed by atoms with van der Waals surface area (Å²) in [6.07, 6.45) is -0.592. The van der Waals surface area contributed by atoms with Crippen molar-refractivity contribution in [3.05, 3.63) is 65.2 Å². The van der Waals surface area contributed by atoms with Crippen LogP contribution in [0.3, 0.4) is 0 Å². The molecule has 5 nitrogen and oxygen atoms in total. The van der Waals surface area contributed by atoms with E-state index in [-0.39, 0.29) is 12.5 Å². The number of hydrogen-bond acceptors (Lipinski definition) is 4. The lowest BCUT2D eigenvalue weighted by Gasteiger charge is -2.10. The molecule has 1 unspecified atom stereocenters. The molecule has 0 aliphatic heterocycles. The molecule has 0 heterocycles. The highest BCUT2D eigenvalue weighted by molar-refractivity contribution is 5.94. The largest absolute Gasteiger partial charge is 0.489 e. The molecular formula is C18H18N2O3. The van der Waals surface area contributed by atoms with Gasteiger partial charge < -0.3 is 15.2 Å². The van der Waals surface area contributed by atoms with Crippen LogP contribution in [-0.4, -0.2) is 23.7 Å². The van der Waals surface area contributed by atoms with Crippen LogP contribution in [0.5, 0.6) is 5.75 Å². The van der Waals surface area contributed by atoms with E-state index in [1.54, 1.807) is 49.4 Å². The molecule has 0 aliphatic carbocycles. The van der Waals surface area contributed by atoms with Gasteiger partial charge >= 0.3 is 0 Å². The lowest BCUT2D eigenvalue weighted by Crippen LogP contribution is -2.30. The van der Waals surface area contributed by atoms with Gasteiger partial charge in [0.15, 0.2) is 0 Å². The number of carbonyl (C=O) groups is 1. The van der Waals surface area contributed by atoms with E-state index in [0.717, 1.165) is 5.56 Å². The van der Waals surface area contributed by atoms with Crippen molar-refractivity contribution in [1.82, 2.24) is 5.32 Å². The third-order valence-corrected chi connectivity index (χ3v) is 3.12. The van der Waals surface area contributed by atoms with Crippen LogP contribution in [0.2, 0.25) is 0 Å². The summed E-state index contributed by atoms with van der Waals surface area (Å²) in [4.78, 5) is 11.9. The number of benzene rings is 2. The van der Waals surface area contributed by atoms with Crippen molar-refractivity contribution < 1.29 is 14.6 Å². The molecule has 0 bridgehead atoms. The Labute approximate surface area is 135 Å². The van der Waals surface area contributed by atoms with E-state index < -0.39 is 6.10 Å². The Hall–Kier alpha value is -2.84. The zero-order valence-corrected chi connectivity index (χ0v) is 12.8. The second-order valence-corrected chi connectivity index (χ2v) is 5.19. The van der Waals surface area contributed by atoms with Gasteiger partial charge in [-0.1, -0.05) is 18.2 Å². The minimum Gasteiger partial charge on any atom is -0.489 e. The fraction of sp³-hybridized carbons (Fsp3) is 0.222. The number of aliphatic hydroxyl groups is 1. The minimum absolute atomic E-state index is 0.199. The number of nitrogens with one attached hydrogen (secondary N) is 1. The zero-order chi connectivity index (χ0) is 16.7. The number of carbonyl (C=O) groups excluding carboxylic acids is 1. The molecule has 23 heavy (non-hydrogen) atoms. The van der Waals surface area contributed by atoms with Gasteiger partial charge in [-0.3, -0.25) is 4.79 Å². The van der Waals surface area contributed by atoms with Crippen molar-refractivity contribution >= 4 is 5.91 Å². The molecule has 0 aromatic heterocycles. The highest BCUT2D eigenvalue weighted by Crippen LogP contribution is 2.15. The predicted octanol–water partition coefficient (Wildman–Crippen LogP) is 2.25. The molecule has 0 fully saturated rings. The summed E-state index contributed by atoms with van der Waals surface area (Å²) in [6.45, 7) is 2.12. The maximum absolute atomic E-state index is 11.9. The Bertz CT molecular complexity index is 720. The van der Waals surface area contributed by atoms with Crippen LogP contribution in [0.25, 0.3) is 0 Å². The van der Waals surface area contributed by atoms with Crippen molar-refractivity contribution in [3.63, 3.8) is 0 Å². The molecular weight excluding hydrogens is 292 g/mol. The molecule has 1 atom stereocenters. The Morgan fingerprint density at radius 1 is 1.30 bits per heavy atom. The summed E-state index contributed by atoms with van der Waals surface area (Å²) in [7, 11) is 0. The van der Waals surface area contributed by atoms with E-state index in [1.165, 1.54) is 0 Å². The number of nitriles is 1. The maximum Gasteiger partial charge on any atom is 0.251 e. The van der Waals surface area contributed by atoms with Crippen LogP contribution in [0, 0.1) is 11.3 Å². The highest BCUT2D eigenvalue weighted by atomic mass is 16.5.